The predicted molar refractivity (Wildman–Crippen MR) is 185 cm³/mol. The first kappa shape index (κ1) is 24.4. The molecule has 4 heteroatoms. The van der Waals surface area contributed by atoms with Crippen LogP contribution in [0.2, 0.25) is 0 Å². The molecule has 0 aliphatic carbocycles. The van der Waals surface area contributed by atoms with Gasteiger partial charge in [-0.15, -0.1) is 0 Å². The highest BCUT2D eigenvalue weighted by Crippen LogP contribution is 2.43. The third kappa shape index (κ3) is 3.48. The summed E-state index contributed by atoms with van der Waals surface area (Å²) in [5.41, 5.74) is 10.3. The van der Waals surface area contributed by atoms with Gasteiger partial charge in [0, 0.05) is 38.1 Å². The Hall–Kier alpha value is -6.00. The van der Waals surface area contributed by atoms with E-state index in [0.29, 0.717) is 0 Å². The molecule has 0 saturated heterocycles. The van der Waals surface area contributed by atoms with E-state index in [1.807, 2.05) is 18.3 Å². The molecule has 0 atom stereocenters. The Kier molecular flexibility index (Phi) is 4.89. The molecule has 0 N–H and O–H groups in total. The molecule has 0 saturated carbocycles. The minimum atomic E-state index is 0.819. The zero-order valence-electron chi connectivity index (χ0n) is 24.3. The lowest BCUT2D eigenvalue weighted by atomic mass is 9.97. The van der Waals surface area contributed by atoms with E-state index in [1.165, 1.54) is 10.8 Å². The number of aryl methyl sites for hydroxylation is 1. The van der Waals surface area contributed by atoms with E-state index in [1.54, 1.807) is 0 Å². The molecule has 45 heavy (non-hydrogen) atoms. The van der Waals surface area contributed by atoms with Crippen molar-refractivity contribution >= 4 is 76.5 Å². The van der Waals surface area contributed by atoms with E-state index < -0.39 is 0 Å². The second kappa shape index (κ2) is 9.01. The Bertz CT molecular complexity index is 2800. The molecule has 10 aromatic rings. The SMILES string of the molecule is Cc1cc(-c2cccc(-c3cnc4c5ccccc5c5ccccc5c4n3)c2)c2oc3ccc4c5ccccc5oc4c3c2c1. The number of hydrogen-bond acceptors (Lipinski definition) is 4. The summed E-state index contributed by atoms with van der Waals surface area (Å²) in [7, 11) is 0. The van der Waals surface area contributed by atoms with Crippen molar-refractivity contribution in [2.75, 3.05) is 0 Å². The van der Waals surface area contributed by atoms with Gasteiger partial charge in [0.15, 0.2) is 0 Å². The summed E-state index contributed by atoms with van der Waals surface area (Å²) in [6.07, 6.45) is 1.90. The van der Waals surface area contributed by atoms with Crippen LogP contribution in [0.25, 0.3) is 98.8 Å². The van der Waals surface area contributed by atoms with Crippen LogP contribution in [0.15, 0.2) is 136 Å². The van der Waals surface area contributed by atoms with Crippen LogP contribution in [-0.2, 0) is 0 Å². The third-order valence-electron chi connectivity index (χ3n) is 9.12. The van der Waals surface area contributed by atoms with Gasteiger partial charge in [-0.1, -0.05) is 84.9 Å². The fourth-order valence-electron chi connectivity index (χ4n) is 7.11. The summed E-state index contributed by atoms with van der Waals surface area (Å²) < 4.78 is 13.0. The fraction of sp³-hybridized carbons (Fsp3) is 0.0244. The van der Waals surface area contributed by atoms with Crippen molar-refractivity contribution in [2.24, 2.45) is 0 Å². The molecule has 0 bridgehead atoms. The summed E-state index contributed by atoms with van der Waals surface area (Å²) >= 11 is 0. The maximum atomic E-state index is 6.60. The van der Waals surface area contributed by atoms with Crippen molar-refractivity contribution in [1.82, 2.24) is 9.97 Å². The van der Waals surface area contributed by atoms with Gasteiger partial charge in [-0.2, -0.15) is 0 Å². The quantitative estimate of drug-likeness (QED) is 0.192. The number of fused-ring (bicyclic) bond motifs is 13. The molecule has 3 aromatic heterocycles. The molecule has 4 nitrogen and oxygen atoms in total. The average Bonchev–Trinajstić information content (AvgIpc) is 3.66. The smallest absolute Gasteiger partial charge is 0.147 e. The van der Waals surface area contributed by atoms with E-state index in [9.17, 15) is 0 Å². The van der Waals surface area contributed by atoms with Gasteiger partial charge >= 0.3 is 0 Å². The monoisotopic (exact) mass is 576 g/mol. The van der Waals surface area contributed by atoms with Crippen LogP contribution in [0.4, 0.5) is 0 Å². The molecular formula is C41H24N2O2. The lowest BCUT2D eigenvalue weighted by Gasteiger charge is -2.11. The normalized spacial score (nSPS) is 12.1. The molecule has 0 radical (unpaired) electrons. The first-order valence-corrected chi connectivity index (χ1v) is 15.2. The van der Waals surface area contributed by atoms with Gasteiger partial charge in [0.2, 0.25) is 0 Å². The predicted octanol–water partition coefficient (Wildman–Crippen LogP) is 11.4. The van der Waals surface area contributed by atoms with E-state index in [-0.39, 0.29) is 0 Å². The summed E-state index contributed by atoms with van der Waals surface area (Å²) in [5, 5.41) is 8.88. The molecule has 210 valence electrons. The number of hydrogen-bond donors (Lipinski definition) is 0. The van der Waals surface area contributed by atoms with Gasteiger partial charge in [0.25, 0.3) is 0 Å². The van der Waals surface area contributed by atoms with Gasteiger partial charge in [0.1, 0.15) is 22.3 Å². The number of benzene rings is 7. The van der Waals surface area contributed by atoms with E-state index >= 15 is 0 Å². The van der Waals surface area contributed by atoms with E-state index in [0.717, 1.165) is 93.6 Å². The lowest BCUT2D eigenvalue weighted by Crippen LogP contribution is -1.92. The molecule has 7 aromatic carbocycles. The molecule has 0 amide bonds. The molecule has 0 unspecified atom stereocenters. The first-order chi connectivity index (χ1) is 22.2. The summed E-state index contributed by atoms with van der Waals surface area (Å²) in [6.45, 7) is 2.13. The Morgan fingerprint density at radius 2 is 1.18 bits per heavy atom. The zero-order chi connectivity index (χ0) is 29.6. The Morgan fingerprint density at radius 1 is 0.489 bits per heavy atom. The van der Waals surface area contributed by atoms with Crippen molar-refractivity contribution in [1.29, 1.82) is 0 Å². The molecular weight excluding hydrogens is 552 g/mol. The van der Waals surface area contributed by atoms with Crippen LogP contribution in [0, 0.1) is 6.92 Å². The maximum Gasteiger partial charge on any atom is 0.147 e. The highest BCUT2D eigenvalue weighted by Gasteiger charge is 2.19. The van der Waals surface area contributed by atoms with Crippen LogP contribution in [-0.4, -0.2) is 9.97 Å². The van der Waals surface area contributed by atoms with Gasteiger partial charge in [-0.05, 0) is 65.2 Å². The standard InChI is InChI=1S/C41H24N2O2/c1-23-19-32(40-33(20-23)37-36(45-40)18-17-31-28-13-6-7-16-35(28)44-41(31)37)24-9-8-10-25(21-24)34-22-42-38-29-14-4-2-11-26(29)27-12-3-5-15-30(27)39(38)43-34/h2-22H,1H3. The zero-order valence-corrected chi connectivity index (χ0v) is 24.3. The average molecular weight is 577 g/mol. The maximum absolute atomic E-state index is 6.60. The second-order valence-electron chi connectivity index (χ2n) is 11.8. The van der Waals surface area contributed by atoms with Crippen LogP contribution in [0.1, 0.15) is 5.56 Å². The highest BCUT2D eigenvalue weighted by molar-refractivity contribution is 6.24. The van der Waals surface area contributed by atoms with Gasteiger partial charge < -0.3 is 8.83 Å². The third-order valence-corrected chi connectivity index (χ3v) is 9.12. The largest absolute Gasteiger partial charge is 0.455 e. The Balaban J connectivity index is 1.19. The minimum Gasteiger partial charge on any atom is -0.455 e. The number of furan rings is 2. The Labute approximate surface area is 257 Å². The van der Waals surface area contributed by atoms with Gasteiger partial charge in [-0.25, -0.2) is 4.98 Å². The molecule has 0 aliphatic rings. The first-order valence-electron chi connectivity index (χ1n) is 15.2. The van der Waals surface area contributed by atoms with Crippen molar-refractivity contribution in [3.63, 3.8) is 0 Å². The number of para-hydroxylation sites is 1. The van der Waals surface area contributed by atoms with E-state index in [4.69, 9.17) is 18.8 Å². The van der Waals surface area contributed by atoms with Crippen molar-refractivity contribution in [3.8, 4) is 22.4 Å². The lowest BCUT2D eigenvalue weighted by molar-refractivity contribution is 0.663. The van der Waals surface area contributed by atoms with Gasteiger partial charge in [-0.3, -0.25) is 4.98 Å². The van der Waals surface area contributed by atoms with Crippen LogP contribution in [0.5, 0.6) is 0 Å². The van der Waals surface area contributed by atoms with Crippen LogP contribution >= 0.6 is 0 Å². The van der Waals surface area contributed by atoms with Gasteiger partial charge in [0.05, 0.1) is 28.3 Å². The van der Waals surface area contributed by atoms with Crippen molar-refractivity contribution in [3.05, 3.63) is 133 Å². The molecule has 0 aliphatic heterocycles. The van der Waals surface area contributed by atoms with Crippen LogP contribution in [0.3, 0.4) is 0 Å². The Morgan fingerprint density at radius 3 is 2.00 bits per heavy atom. The summed E-state index contributed by atoms with van der Waals surface area (Å²) in [5.74, 6) is 0. The molecule has 0 fully saturated rings. The fourth-order valence-corrected chi connectivity index (χ4v) is 7.11. The second-order valence-corrected chi connectivity index (χ2v) is 11.8. The molecule has 3 heterocycles. The number of rotatable bonds is 2. The van der Waals surface area contributed by atoms with Crippen molar-refractivity contribution in [2.45, 2.75) is 6.92 Å². The topological polar surface area (TPSA) is 52.1 Å². The van der Waals surface area contributed by atoms with E-state index in [2.05, 4.69) is 116 Å². The van der Waals surface area contributed by atoms with Crippen molar-refractivity contribution < 1.29 is 8.83 Å². The summed E-state index contributed by atoms with van der Waals surface area (Å²) in [4.78, 5) is 10.2. The minimum absolute atomic E-state index is 0.819. The highest BCUT2D eigenvalue weighted by atomic mass is 16.3. The number of nitrogens with zero attached hydrogens (tertiary/aromatic N) is 2. The molecule has 0 spiro atoms. The summed E-state index contributed by atoms with van der Waals surface area (Å²) in [6, 6.07) is 42.2. The van der Waals surface area contributed by atoms with Crippen LogP contribution < -0.4 is 0 Å². The molecule has 10 rings (SSSR count). The number of aromatic nitrogens is 2.